The smallest absolute Gasteiger partial charge is 0.257 e. The summed E-state index contributed by atoms with van der Waals surface area (Å²) < 4.78 is 0. The summed E-state index contributed by atoms with van der Waals surface area (Å²) in [5.41, 5.74) is 4.15. The number of nitriles is 1. The molecule has 0 bridgehead atoms. The first-order valence-corrected chi connectivity index (χ1v) is 8.61. The van der Waals surface area contributed by atoms with Crippen LogP contribution in [0, 0.1) is 25.2 Å². The molecule has 0 spiro atoms. The van der Waals surface area contributed by atoms with Crippen LogP contribution in [-0.2, 0) is 0 Å². The van der Waals surface area contributed by atoms with Gasteiger partial charge in [0.2, 0.25) is 0 Å². The molecule has 6 nitrogen and oxygen atoms in total. The van der Waals surface area contributed by atoms with Crippen LogP contribution >= 0.6 is 0 Å². The maximum absolute atomic E-state index is 12.6. The first kappa shape index (κ1) is 18.8. The highest BCUT2D eigenvalue weighted by Gasteiger charge is 2.13. The molecule has 6 heteroatoms. The van der Waals surface area contributed by atoms with Crippen LogP contribution in [0.1, 0.15) is 37.4 Å². The van der Waals surface area contributed by atoms with Crippen LogP contribution in [0.2, 0.25) is 0 Å². The number of nitrogens with zero attached hydrogens (tertiary/aromatic N) is 2. The Morgan fingerprint density at radius 3 is 2.36 bits per heavy atom. The van der Waals surface area contributed by atoms with E-state index in [0.29, 0.717) is 16.9 Å². The van der Waals surface area contributed by atoms with Crippen molar-refractivity contribution >= 4 is 23.2 Å². The summed E-state index contributed by atoms with van der Waals surface area (Å²) >= 11 is 0. The lowest BCUT2D eigenvalue weighted by Gasteiger charge is -2.10. The SMILES string of the molecule is Cc1ccc(C)c(NC(=O)c2cncc(C(=O)Nc3cccc(C#N)c3)c2)c1. The third kappa shape index (κ3) is 4.40. The second kappa shape index (κ2) is 8.14. The van der Waals surface area contributed by atoms with Crippen molar-refractivity contribution in [2.75, 3.05) is 10.6 Å². The normalized spacial score (nSPS) is 10.0. The van der Waals surface area contributed by atoms with Gasteiger partial charge in [-0.2, -0.15) is 5.26 Å². The third-order valence-electron chi connectivity index (χ3n) is 4.15. The number of carbonyl (C=O) groups excluding carboxylic acids is 2. The number of hydrogen-bond donors (Lipinski definition) is 2. The highest BCUT2D eigenvalue weighted by atomic mass is 16.2. The number of carbonyl (C=O) groups is 2. The minimum Gasteiger partial charge on any atom is -0.322 e. The van der Waals surface area contributed by atoms with E-state index >= 15 is 0 Å². The quantitative estimate of drug-likeness (QED) is 0.723. The van der Waals surface area contributed by atoms with E-state index in [1.54, 1.807) is 24.3 Å². The lowest BCUT2D eigenvalue weighted by Crippen LogP contribution is -2.16. The van der Waals surface area contributed by atoms with Gasteiger partial charge in [0.25, 0.3) is 11.8 Å². The minimum atomic E-state index is -0.413. The van der Waals surface area contributed by atoms with Crippen molar-refractivity contribution < 1.29 is 9.59 Å². The van der Waals surface area contributed by atoms with E-state index in [2.05, 4.69) is 15.6 Å². The number of benzene rings is 2. The minimum absolute atomic E-state index is 0.246. The van der Waals surface area contributed by atoms with Crippen molar-refractivity contribution in [3.05, 3.63) is 88.7 Å². The zero-order valence-electron chi connectivity index (χ0n) is 15.5. The Balaban J connectivity index is 1.77. The monoisotopic (exact) mass is 370 g/mol. The molecule has 2 amide bonds. The molecule has 1 heterocycles. The van der Waals surface area contributed by atoms with Crippen molar-refractivity contribution in [3.63, 3.8) is 0 Å². The molecule has 0 aliphatic heterocycles. The molecule has 0 aliphatic carbocycles. The van der Waals surface area contributed by atoms with Crippen LogP contribution in [0.4, 0.5) is 11.4 Å². The fourth-order valence-corrected chi connectivity index (χ4v) is 2.62. The summed E-state index contributed by atoms with van der Waals surface area (Å²) in [6.45, 7) is 3.86. The Morgan fingerprint density at radius 1 is 0.929 bits per heavy atom. The molecule has 2 N–H and O–H groups in total. The van der Waals surface area contributed by atoms with Gasteiger partial charge in [0.05, 0.1) is 22.8 Å². The average Bonchev–Trinajstić information content (AvgIpc) is 2.71. The number of amides is 2. The fourth-order valence-electron chi connectivity index (χ4n) is 2.62. The van der Waals surface area contributed by atoms with E-state index in [1.807, 2.05) is 38.1 Å². The number of aryl methyl sites for hydroxylation is 2. The molecule has 0 atom stereocenters. The number of nitrogens with one attached hydrogen (secondary N) is 2. The van der Waals surface area contributed by atoms with Crippen LogP contribution in [0.15, 0.2) is 60.9 Å². The summed E-state index contributed by atoms with van der Waals surface area (Å²) in [7, 11) is 0. The zero-order valence-corrected chi connectivity index (χ0v) is 15.5. The van der Waals surface area contributed by atoms with Crippen molar-refractivity contribution in [1.29, 1.82) is 5.26 Å². The van der Waals surface area contributed by atoms with Gasteiger partial charge in [0, 0.05) is 23.8 Å². The summed E-state index contributed by atoms with van der Waals surface area (Å²) in [6, 6.07) is 15.9. The van der Waals surface area contributed by atoms with Crippen molar-refractivity contribution in [2.24, 2.45) is 0 Å². The topological polar surface area (TPSA) is 94.9 Å². The maximum Gasteiger partial charge on any atom is 0.257 e. The molecular weight excluding hydrogens is 352 g/mol. The number of rotatable bonds is 4. The lowest BCUT2D eigenvalue weighted by molar-refractivity contribution is 0.102. The molecule has 0 aliphatic rings. The van der Waals surface area contributed by atoms with Crippen molar-refractivity contribution in [2.45, 2.75) is 13.8 Å². The Labute approximate surface area is 162 Å². The number of pyridine rings is 1. The largest absolute Gasteiger partial charge is 0.322 e. The van der Waals surface area contributed by atoms with E-state index < -0.39 is 5.91 Å². The Morgan fingerprint density at radius 2 is 1.64 bits per heavy atom. The van der Waals surface area contributed by atoms with Gasteiger partial charge in [0.1, 0.15) is 0 Å². The molecule has 0 radical (unpaired) electrons. The fraction of sp³-hybridized carbons (Fsp3) is 0.0909. The Hall–Kier alpha value is -3.98. The van der Waals surface area contributed by atoms with Crippen molar-refractivity contribution in [1.82, 2.24) is 4.98 Å². The Bertz CT molecular complexity index is 1100. The van der Waals surface area contributed by atoms with Gasteiger partial charge >= 0.3 is 0 Å². The highest BCUT2D eigenvalue weighted by molar-refractivity contribution is 6.08. The summed E-state index contributed by atoms with van der Waals surface area (Å²) in [6.07, 6.45) is 2.80. The average molecular weight is 370 g/mol. The molecule has 2 aromatic carbocycles. The second-order valence-corrected chi connectivity index (χ2v) is 6.38. The molecule has 28 heavy (non-hydrogen) atoms. The number of anilines is 2. The molecule has 0 fully saturated rings. The van der Waals surface area contributed by atoms with Gasteiger partial charge in [-0.25, -0.2) is 0 Å². The Kier molecular flexibility index (Phi) is 5.47. The van der Waals surface area contributed by atoms with Gasteiger partial charge in [-0.3, -0.25) is 14.6 Å². The molecule has 0 saturated heterocycles. The van der Waals surface area contributed by atoms with Crippen LogP contribution < -0.4 is 10.6 Å². The lowest BCUT2D eigenvalue weighted by atomic mass is 10.1. The van der Waals surface area contributed by atoms with Gasteiger partial charge < -0.3 is 10.6 Å². The predicted molar refractivity (Wildman–Crippen MR) is 107 cm³/mol. The number of aromatic nitrogens is 1. The van der Waals surface area contributed by atoms with Gasteiger partial charge in [-0.15, -0.1) is 0 Å². The first-order chi connectivity index (χ1) is 13.5. The van der Waals surface area contributed by atoms with Crippen LogP contribution in [0.5, 0.6) is 0 Å². The molecule has 3 aromatic rings. The highest BCUT2D eigenvalue weighted by Crippen LogP contribution is 2.18. The van der Waals surface area contributed by atoms with E-state index in [-0.39, 0.29) is 17.0 Å². The second-order valence-electron chi connectivity index (χ2n) is 6.38. The molecule has 138 valence electrons. The predicted octanol–water partition coefficient (Wildman–Crippen LogP) is 4.07. The van der Waals surface area contributed by atoms with E-state index in [0.717, 1.165) is 11.1 Å². The molecule has 3 rings (SSSR count). The standard InChI is InChI=1S/C22H18N4O2/c1-14-6-7-15(2)20(8-14)26-22(28)18-10-17(12-24-13-18)21(27)25-19-5-3-4-16(9-19)11-23/h3-10,12-13H,1-2H3,(H,25,27)(H,26,28). The van der Waals surface area contributed by atoms with Crippen LogP contribution in [-0.4, -0.2) is 16.8 Å². The van der Waals surface area contributed by atoms with Crippen LogP contribution in [0.3, 0.4) is 0 Å². The molecule has 1 aromatic heterocycles. The van der Waals surface area contributed by atoms with Gasteiger partial charge in [-0.1, -0.05) is 18.2 Å². The van der Waals surface area contributed by atoms with E-state index in [9.17, 15) is 9.59 Å². The number of hydrogen-bond acceptors (Lipinski definition) is 4. The van der Waals surface area contributed by atoms with Gasteiger partial charge in [0.15, 0.2) is 0 Å². The summed E-state index contributed by atoms with van der Waals surface area (Å²) in [5, 5.41) is 14.5. The molecule has 0 unspecified atom stereocenters. The van der Waals surface area contributed by atoms with Crippen molar-refractivity contribution in [3.8, 4) is 6.07 Å². The van der Waals surface area contributed by atoms with E-state index in [4.69, 9.17) is 5.26 Å². The first-order valence-electron chi connectivity index (χ1n) is 8.61. The molecule has 0 saturated carbocycles. The zero-order chi connectivity index (χ0) is 20.1. The van der Waals surface area contributed by atoms with Crippen LogP contribution in [0.25, 0.3) is 0 Å². The summed E-state index contributed by atoms with van der Waals surface area (Å²) in [5.74, 6) is -0.758. The van der Waals surface area contributed by atoms with E-state index in [1.165, 1.54) is 18.5 Å². The molecular formula is C22H18N4O2. The van der Waals surface area contributed by atoms with Gasteiger partial charge in [-0.05, 0) is 55.3 Å². The third-order valence-corrected chi connectivity index (χ3v) is 4.15. The summed E-state index contributed by atoms with van der Waals surface area (Å²) in [4.78, 5) is 29.1. The maximum atomic E-state index is 12.6.